The fourth-order valence-corrected chi connectivity index (χ4v) is 5.30. The average Bonchev–Trinajstić information content (AvgIpc) is 3.82. The van der Waals surface area contributed by atoms with Gasteiger partial charge in [0.1, 0.15) is 29.5 Å². The number of H-pyrrole nitrogens is 2. The van der Waals surface area contributed by atoms with Crippen molar-refractivity contribution in [1.82, 2.24) is 19.9 Å². The van der Waals surface area contributed by atoms with Crippen LogP contribution in [0.4, 0.5) is 38.5 Å². The van der Waals surface area contributed by atoms with E-state index in [0.717, 1.165) is 36.9 Å². The molecule has 0 aliphatic rings. The van der Waals surface area contributed by atoms with Crippen molar-refractivity contribution in [2.45, 2.75) is 14.0 Å². The minimum atomic E-state index is -1.19. The Kier molecular flexibility index (Phi) is 12.0. The van der Waals surface area contributed by atoms with Crippen LogP contribution in [0.3, 0.4) is 0 Å². The highest BCUT2D eigenvalue weighted by atomic mass is 19.1. The normalized spacial score (nSPS) is 10.5. The number of rotatable bonds is 8. The van der Waals surface area contributed by atoms with Crippen LogP contribution in [0.2, 0.25) is 0 Å². The number of nitrogens with one attached hydrogen (secondary N) is 4. The summed E-state index contributed by atoms with van der Waals surface area (Å²) >= 11 is 0. The maximum atomic E-state index is 14.9. The number of hydrogen-bond acceptors (Lipinski definition) is 8. The molecule has 3 aromatic carbocycles. The quantitative estimate of drug-likeness (QED) is 0.0883. The summed E-state index contributed by atoms with van der Waals surface area (Å²) in [6, 6.07) is 19.2. The van der Waals surface area contributed by atoms with Gasteiger partial charge >= 0.3 is 12.2 Å². The number of pyridine rings is 2. The molecule has 0 saturated heterocycles. The Hall–Kier alpha value is -7.36. The van der Waals surface area contributed by atoms with E-state index in [1.807, 2.05) is 6.07 Å². The van der Waals surface area contributed by atoms with Crippen LogP contribution in [0.15, 0.2) is 104 Å². The first-order valence-electron chi connectivity index (χ1n) is 15.8. The van der Waals surface area contributed by atoms with Crippen LogP contribution in [-0.2, 0) is 16.1 Å². The van der Waals surface area contributed by atoms with Crippen LogP contribution in [0.5, 0.6) is 0 Å². The highest BCUT2D eigenvalue weighted by Crippen LogP contribution is 2.28. The molecule has 0 radical (unpaired) electrons. The minimum Gasteiger partial charge on any atom is -0.453 e. The SMILES string of the molecule is C.COC(=O)Nc1ccc(F)c(C(=O)c2c[nH]c3ncccc23)c1F.O=C(Nc1ccc(F)c(C(=O)c2c[nH]c3ncccc23)c1F)OCc1ccccc1. The molecule has 0 bridgehead atoms. The van der Waals surface area contributed by atoms with Gasteiger partial charge in [-0.15, -0.1) is 0 Å². The Morgan fingerprint density at radius 1 is 0.636 bits per heavy atom. The summed E-state index contributed by atoms with van der Waals surface area (Å²) in [4.78, 5) is 62.3. The summed E-state index contributed by atoms with van der Waals surface area (Å²) in [6.07, 6.45) is 3.86. The van der Waals surface area contributed by atoms with Crippen LogP contribution in [0.1, 0.15) is 44.8 Å². The molecule has 280 valence electrons. The molecule has 16 heteroatoms. The van der Waals surface area contributed by atoms with E-state index in [0.29, 0.717) is 22.1 Å². The van der Waals surface area contributed by atoms with Gasteiger partial charge in [0.05, 0.1) is 29.6 Å². The number of nitrogens with zero attached hydrogens (tertiary/aromatic N) is 2. The molecule has 0 spiro atoms. The molecule has 0 saturated carbocycles. The van der Waals surface area contributed by atoms with E-state index in [-0.39, 0.29) is 36.5 Å². The van der Waals surface area contributed by atoms with Gasteiger partial charge in [0, 0.05) is 46.7 Å². The third-order valence-electron chi connectivity index (χ3n) is 7.90. The van der Waals surface area contributed by atoms with Gasteiger partial charge in [0.15, 0.2) is 11.6 Å². The van der Waals surface area contributed by atoms with E-state index in [9.17, 15) is 36.7 Å². The molecule has 0 aliphatic heterocycles. The summed E-state index contributed by atoms with van der Waals surface area (Å²) in [6.45, 7) is -0.0242. The van der Waals surface area contributed by atoms with E-state index in [2.05, 4.69) is 35.3 Å². The Morgan fingerprint density at radius 2 is 1.11 bits per heavy atom. The molecule has 0 fully saturated rings. The lowest BCUT2D eigenvalue weighted by molar-refractivity contribution is 0.102. The van der Waals surface area contributed by atoms with Gasteiger partial charge < -0.3 is 19.4 Å². The first-order valence-corrected chi connectivity index (χ1v) is 15.8. The lowest BCUT2D eigenvalue weighted by atomic mass is 10.0. The van der Waals surface area contributed by atoms with Gasteiger partial charge in [-0.25, -0.2) is 37.1 Å². The van der Waals surface area contributed by atoms with Gasteiger partial charge in [-0.05, 0) is 54.1 Å². The summed E-state index contributed by atoms with van der Waals surface area (Å²) < 4.78 is 67.3. The Labute approximate surface area is 309 Å². The van der Waals surface area contributed by atoms with Gasteiger partial charge in [-0.3, -0.25) is 20.2 Å². The third kappa shape index (κ3) is 8.33. The largest absolute Gasteiger partial charge is 0.453 e. The molecule has 7 aromatic rings. The second-order valence-electron chi connectivity index (χ2n) is 11.2. The van der Waals surface area contributed by atoms with Crippen molar-refractivity contribution >= 4 is 57.2 Å². The number of benzene rings is 3. The zero-order chi connectivity index (χ0) is 38.4. The number of ketones is 2. The number of ether oxygens (including phenoxy) is 2. The molecule has 55 heavy (non-hydrogen) atoms. The van der Waals surface area contributed by atoms with Gasteiger partial charge in [0.2, 0.25) is 11.6 Å². The molecule has 2 amide bonds. The second-order valence-corrected chi connectivity index (χ2v) is 11.2. The summed E-state index contributed by atoms with van der Waals surface area (Å²) in [5, 5.41) is 5.17. The number of halogens is 4. The number of anilines is 2. The average molecular weight is 755 g/mol. The van der Waals surface area contributed by atoms with Gasteiger partial charge in [-0.1, -0.05) is 37.8 Å². The standard InChI is InChI=1S/C22H15F2N3O3.C16H11F2N3O3.CH4/c23-16-8-9-17(27-22(29)30-12-13-5-2-1-3-6-13)19(24)18(16)20(28)15-11-26-21-14(15)7-4-10-25-21;1-24-16(23)21-11-5-4-10(17)12(13(11)18)14(22)9-7-20-15-8(9)3-2-6-19-15;/h1-11H,12H2,(H,25,26)(H,27,29);2-7H,1H3,(H,19,20)(H,21,23);1H4. The molecule has 0 aliphatic carbocycles. The highest BCUT2D eigenvalue weighted by molar-refractivity contribution is 6.17. The van der Waals surface area contributed by atoms with Gasteiger partial charge in [0.25, 0.3) is 0 Å². The van der Waals surface area contributed by atoms with E-state index in [1.54, 1.807) is 48.5 Å². The molecular formula is C39H30F4N6O6. The molecule has 0 unspecified atom stereocenters. The van der Waals surface area contributed by atoms with Crippen LogP contribution >= 0.6 is 0 Å². The lowest BCUT2D eigenvalue weighted by Crippen LogP contribution is -2.17. The number of carbonyl (C=O) groups excluding carboxylic acids is 4. The third-order valence-corrected chi connectivity index (χ3v) is 7.90. The lowest BCUT2D eigenvalue weighted by Gasteiger charge is -2.11. The highest BCUT2D eigenvalue weighted by Gasteiger charge is 2.26. The molecule has 0 atom stereocenters. The monoisotopic (exact) mass is 754 g/mol. The minimum absolute atomic E-state index is 0. The molecule has 7 rings (SSSR count). The van der Waals surface area contributed by atoms with Crippen molar-refractivity contribution in [2.24, 2.45) is 0 Å². The first-order chi connectivity index (χ1) is 26.1. The maximum absolute atomic E-state index is 14.9. The van der Waals surface area contributed by atoms with Crippen molar-refractivity contribution in [1.29, 1.82) is 0 Å². The zero-order valence-electron chi connectivity index (χ0n) is 27.9. The predicted molar refractivity (Wildman–Crippen MR) is 195 cm³/mol. The Morgan fingerprint density at radius 3 is 1.58 bits per heavy atom. The number of amides is 2. The smallest absolute Gasteiger partial charge is 0.412 e. The number of fused-ring (bicyclic) bond motifs is 2. The van der Waals surface area contributed by atoms with E-state index in [1.165, 1.54) is 24.8 Å². The molecule has 4 aromatic heterocycles. The number of aromatic nitrogens is 4. The van der Waals surface area contributed by atoms with Crippen LogP contribution in [0, 0.1) is 23.3 Å². The number of methoxy groups -OCH3 is 1. The van der Waals surface area contributed by atoms with Crippen molar-refractivity contribution in [3.8, 4) is 0 Å². The fourth-order valence-electron chi connectivity index (χ4n) is 5.30. The van der Waals surface area contributed by atoms with Crippen molar-refractivity contribution in [3.63, 3.8) is 0 Å². The first kappa shape index (κ1) is 38.9. The predicted octanol–water partition coefficient (Wildman–Crippen LogP) is 8.71. The molecule has 12 nitrogen and oxygen atoms in total. The van der Waals surface area contributed by atoms with Crippen molar-refractivity contribution < 1.29 is 46.2 Å². The summed E-state index contributed by atoms with van der Waals surface area (Å²) in [7, 11) is 1.10. The zero-order valence-corrected chi connectivity index (χ0v) is 27.9. The number of aromatic amines is 2. The summed E-state index contributed by atoms with van der Waals surface area (Å²) in [5.74, 6) is -6.17. The fraction of sp³-hybridized carbons (Fsp3) is 0.0769. The molecule has 4 N–H and O–H groups in total. The maximum Gasteiger partial charge on any atom is 0.412 e. The molecule has 4 heterocycles. The van der Waals surface area contributed by atoms with Crippen molar-refractivity contribution in [3.05, 3.63) is 155 Å². The van der Waals surface area contributed by atoms with Crippen LogP contribution < -0.4 is 10.6 Å². The Balaban J connectivity index is 0.000000212. The van der Waals surface area contributed by atoms with E-state index in [4.69, 9.17) is 4.74 Å². The van der Waals surface area contributed by atoms with Crippen LogP contribution in [0.25, 0.3) is 22.1 Å². The van der Waals surface area contributed by atoms with Crippen molar-refractivity contribution in [2.75, 3.05) is 17.7 Å². The van der Waals surface area contributed by atoms with Crippen LogP contribution in [-0.4, -0.2) is 50.8 Å². The van der Waals surface area contributed by atoms with E-state index < -0.39 is 58.1 Å². The Bertz CT molecular complexity index is 2540. The second kappa shape index (κ2) is 17.0. The topological polar surface area (TPSA) is 168 Å². The number of carbonyl (C=O) groups is 4. The van der Waals surface area contributed by atoms with Gasteiger partial charge in [-0.2, -0.15) is 0 Å². The van der Waals surface area contributed by atoms with E-state index >= 15 is 0 Å². The summed E-state index contributed by atoms with van der Waals surface area (Å²) in [5.41, 5.74) is -0.539. The molecular weight excluding hydrogens is 724 g/mol. The number of hydrogen-bond donors (Lipinski definition) is 4.